The van der Waals surface area contributed by atoms with Crippen molar-refractivity contribution in [3.63, 3.8) is 0 Å². The van der Waals surface area contributed by atoms with Crippen LogP contribution < -0.4 is 10.6 Å². The molecule has 5 heteroatoms. The van der Waals surface area contributed by atoms with Gasteiger partial charge in [-0.15, -0.1) is 0 Å². The van der Waals surface area contributed by atoms with Gasteiger partial charge in [0, 0.05) is 19.0 Å². The minimum absolute atomic E-state index is 0.0813. The highest BCUT2D eigenvalue weighted by molar-refractivity contribution is 5.74. The van der Waals surface area contributed by atoms with E-state index in [0.717, 1.165) is 25.2 Å². The zero-order valence-electron chi connectivity index (χ0n) is 13.4. The molecule has 1 aliphatic carbocycles. The van der Waals surface area contributed by atoms with Crippen LogP contribution >= 0.6 is 0 Å². The summed E-state index contributed by atoms with van der Waals surface area (Å²) in [6.07, 6.45) is 7.56. The van der Waals surface area contributed by atoms with Crippen molar-refractivity contribution in [2.45, 2.75) is 71.3 Å². The number of hydrogen-bond acceptors (Lipinski definition) is 2. The molecule has 0 saturated heterocycles. The quantitative estimate of drug-likeness (QED) is 0.644. The van der Waals surface area contributed by atoms with E-state index in [2.05, 4.69) is 17.6 Å². The number of hydrogen-bond donors (Lipinski definition) is 3. The Morgan fingerprint density at radius 2 is 2.05 bits per heavy atom. The highest BCUT2D eigenvalue weighted by Gasteiger charge is 2.21. The van der Waals surface area contributed by atoms with E-state index in [0.29, 0.717) is 24.9 Å². The second-order valence-corrected chi connectivity index (χ2v) is 6.36. The second-order valence-electron chi connectivity index (χ2n) is 6.36. The summed E-state index contributed by atoms with van der Waals surface area (Å²) in [6, 6.07) is 0.232. The van der Waals surface area contributed by atoms with Crippen molar-refractivity contribution in [1.29, 1.82) is 0 Å². The predicted octanol–water partition coefficient (Wildman–Crippen LogP) is 3.15. The number of carbonyl (C=O) groups is 2. The van der Waals surface area contributed by atoms with Gasteiger partial charge >= 0.3 is 12.0 Å². The van der Waals surface area contributed by atoms with Gasteiger partial charge in [-0.2, -0.15) is 0 Å². The molecule has 1 aliphatic rings. The molecule has 122 valence electrons. The van der Waals surface area contributed by atoms with Crippen LogP contribution in [-0.2, 0) is 4.79 Å². The second kappa shape index (κ2) is 9.64. The SMILES string of the molecule is CCC1CCCC(NC(=O)NCCC(C)CCC(=O)O)C1. The molecule has 0 spiro atoms. The first kappa shape index (κ1) is 17.8. The molecule has 0 bridgehead atoms. The lowest BCUT2D eigenvalue weighted by molar-refractivity contribution is -0.137. The number of urea groups is 1. The van der Waals surface area contributed by atoms with Crippen molar-refractivity contribution in [1.82, 2.24) is 10.6 Å². The lowest BCUT2D eigenvalue weighted by Crippen LogP contribution is -2.44. The summed E-state index contributed by atoms with van der Waals surface area (Å²) >= 11 is 0. The molecule has 3 atom stereocenters. The highest BCUT2D eigenvalue weighted by atomic mass is 16.4. The Hall–Kier alpha value is -1.26. The smallest absolute Gasteiger partial charge is 0.315 e. The average molecular weight is 298 g/mol. The first-order valence-electron chi connectivity index (χ1n) is 8.27. The fourth-order valence-electron chi connectivity index (χ4n) is 2.98. The van der Waals surface area contributed by atoms with Crippen LogP contribution in [0.5, 0.6) is 0 Å². The maximum Gasteiger partial charge on any atom is 0.315 e. The summed E-state index contributed by atoms with van der Waals surface area (Å²) in [5.74, 6) is 0.316. The van der Waals surface area contributed by atoms with Gasteiger partial charge in [0.1, 0.15) is 0 Å². The summed E-state index contributed by atoms with van der Waals surface area (Å²) in [4.78, 5) is 22.3. The van der Waals surface area contributed by atoms with Crippen LogP contribution in [0.1, 0.15) is 65.2 Å². The highest BCUT2D eigenvalue weighted by Crippen LogP contribution is 2.26. The molecule has 1 fully saturated rings. The Balaban J connectivity index is 2.12. The average Bonchev–Trinajstić information content (AvgIpc) is 2.45. The molecule has 5 nitrogen and oxygen atoms in total. The van der Waals surface area contributed by atoms with Crippen LogP contribution in [0.2, 0.25) is 0 Å². The van der Waals surface area contributed by atoms with Crippen LogP contribution in [0.15, 0.2) is 0 Å². The minimum atomic E-state index is -0.754. The molecule has 0 aromatic rings. The maximum atomic E-state index is 11.8. The summed E-state index contributed by atoms with van der Waals surface area (Å²) in [7, 11) is 0. The molecule has 0 aromatic heterocycles. The molecule has 3 unspecified atom stereocenters. The van der Waals surface area contributed by atoms with E-state index in [1.165, 1.54) is 19.3 Å². The van der Waals surface area contributed by atoms with Gasteiger partial charge in [-0.3, -0.25) is 4.79 Å². The van der Waals surface area contributed by atoms with Gasteiger partial charge in [-0.1, -0.05) is 33.1 Å². The third kappa shape index (κ3) is 7.93. The largest absolute Gasteiger partial charge is 0.481 e. The Labute approximate surface area is 127 Å². The summed E-state index contributed by atoms with van der Waals surface area (Å²) < 4.78 is 0. The fraction of sp³-hybridized carbons (Fsp3) is 0.875. The molecule has 0 radical (unpaired) electrons. The van der Waals surface area contributed by atoms with E-state index < -0.39 is 5.97 Å². The Kier molecular flexibility index (Phi) is 8.16. The van der Waals surface area contributed by atoms with Gasteiger partial charge < -0.3 is 15.7 Å². The van der Waals surface area contributed by atoms with Crippen LogP contribution in [0.4, 0.5) is 4.79 Å². The molecule has 1 rings (SSSR count). The van der Waals surface area contributed by atoms with E-state index in [9.17, 15) is 9.59 Å². The van der Waals surface area contributed by atoms with Crippen LogP contribution in [0.3, 0.4) is 0 Å². The van der Waals surface area contributed by atoms with Crippen LogP contribution in [0.25, 0.3) is 0 Å². The van der Waals surface area contributed by atoms with Crippen molar-refractivity contribution in [2.24, 2.45) is 11.8 Å². The standard InChI is InChI=1S/C16H30N2O3/c1-3-13-5-4-6-14(11-13)18-16(21)17-10-9-12(2)7-8-15(19)20/h12-14H,3-11H2,1-2H3,(H,19,20)(H2,17,18,21). The molecular weight excluding hydrogens is 268 g/mol. The van der Waals surface area contributed by atoms with Crippen molar-refractivity contribution in [3.8, 4) is 0 Å². The zero-order valence-corrected chi connectivity index (χ0v) is 13.4. The van der Waals surface area contributed by atoms with Gasteiger partial charge in [-0.05, 0) is 37.5 Å². The molecule has 0 heterocycles. The van der Waals surface area contributed by atoms with E-state index in [-0.39, 0.29) is 12.5 Å². The number of carboxylic acids is 1. The van der Waals surface area contributed by atoms with E-state index >= 15 is 0 Å². The first-order chi connectivity index (χ1) is 10.0. The molecule has 0 aliphatic heterocycles. The zero-order chi connectivity index (χ0) is 15.7. The van der Waals surface area contributed by atoms with Gasteiger partial charge in [0.2, 0.25) is 0 Å². The summed E-state index contributed by atoms with van der Waals surface area (Å²) in [5.41, 5.74) is 0. The topological polar surface area (TPSA) is 78.4 Å². The molecule has 3 N–H and O–H groups in total. The van der Waals surface area contributed by atoms with Crippen LogP contribution in [0, 0.1) is 11.8 Å². The molecule has 21 heavy (non-hydrogen) atoms. The van der Waals surface area contributed by atoms with Crippen molar-refractivity contribution < 1.29 is 14.7 Å². The Morgan fingerprint density at radius 3 is 2.71 bits per heavy atom. The fourth-order valence-corrected chi connectivity index (χ4v) is 2.98. The maximum absolute atomic E-state index is 11.8. The van der Waals surface area contributed by atoms with Gasteiger partial charge in [-0.25, -0.2) is 4.79 Å². The Morgan fingerprint density at radius 1 is 1.29 bits per heavy atom. The number of carboxylic acid groups (broad SMARTS) is 1. The third-order valence-corrected chi connectivity index (χ3v) is 4.47. The van der Waals surface area contributed by atoms with Gasteiger partial charge in [0.05, 0.1) is 0 Å². The van der Waals surface area contributed by atoms with Crippen LogP contribution in [-0.4, -0.2) is 29.7 Å². The van der Waals surface area contributed by atoms with Crippen molar-refractivity contribution in [3.05, 3.63) is 0 Å². The summed E-state index contributed by atoms with van der Waals surface area (Å²) in [6.45, 7) is 4.84. The predicted molar refractivity (Wildman–Crippen MR) is 83.2 cm³/mol. The van der Waals surface area contributed by atoms with Gasteiger partial charge in [0.15, 0.2) is 0 Å². The number of amides is 2. The number of aliphatic carboxylic acids is 1. The molecule has 2 amide bonds. The number of rotatable bonds is 8. The van der Waals surface area contributed by atoms with Crippen molar-refractivity contribution in [2.75, 3.05) is 6.54 Å². The third-order valence-electron chi connectivity index (χ3n) is 4.47. The van der Waals surface area contributed by atoms with E-state index in [1.54, 1.807) is 0 Å². The molecule has 0 aromatic carbocycles. The van der Waals surface area contributed by atoms with Gasteiger partial charge in [0.25, 0.3) is 0 Å². The lowest BCUT2D eigenvalue weighted by atomic mass is 9.84. The lowest BCUT2D eigenvalue weighted by Gasteiger charge is -2.29. The number of nitrogens with one attached hydrogen (secondary N) is 2. The molecular formula is C16H30N2O3. The van der Waals surface area contributed by atoms with E-state index in [4.69, 9.17) is 5.11 Å². The molecule has 1 saturated carbocycles. The first-order valence-corrected chi connectivity index (χ1v) is 8.27. The van der Waals surface area contributed by atoms with E-state index in [1.807, 2.05) is 6.92 Å². The monoisotopic (exact) mass is 298 g/mol. The normalized spacial score (nSPS) is 23.3. The summed E-state index contributed by atoms with van der Waals surface area (Å²) in [5, 5.41) is 14.6. The van der Waals surface area contributed by atoms with Crippen molar-refractivity contribution >= 4 is 12.0 Å². The number of carbonyl (C=O) groups excluding carboxylic acids is 1. The Bertz CT molecular complexity index is 333. The minimum Gasteiger partial charge on any atom is -0.481 e.